The van der Waals surface area contributed by atoms with E-state index in [4.69, 9.17) is 4.74 Å². The summed E-state index contributed by atoms with van der Waals surface area (Å²) in [7, 11) is 0. The van der Waals surface area contributed by atoms with Gasteiger partial charge in [0.1, 0.15) is 5.75 Å². The highest BCUT2D eigenvalue weighted by Crippen LogP contribution is 2.34. The third-order valence-corrected chi connectivity index (χ3v) is 4.11. The summed E-state index contributed by atoms with van der Waals surface area (Å²) in [5.74, 6) is 3.50. The van der Waals surface area contributed by atoms with Gasteiger partial charge in [0.2, 0.25) is 0 Å². The molecule has 3 heteroatoms. The minimum Gasteiger partial charge on any atom is -0.494 e. The Morgan fingerprint density at radius 3 is 3.12 bits per heavy atom. The molecule has 1 fully saturated rings. The van der Waals surface area contributed by atoms with Gasteiger partial charge < -0.3 is 9.84 Å². The third-order valence-electron chi connectivity index (χ3n) is 2.92. The summed E-state index contributed by atoms with van der Waals surface area (Å²) in [5, 5.41) is 10.2. The van der Waals surface area contributed by atoms with Crippen molar-refractivity contribution in [1.82, 2.24) is 0 Å². The van der Waals surface area contributed by atoms with E-state index in [1.54, 1.807) is 0 Å². The lowest BCUT2D eigenvalue weighted by Crippen LogP contribution is -2.11. The second-order valence-corrected chi connectivity index (χ2v) is 5.22. The van der Waals surface area contributed by atoms with Gasteiger partial charge in [-0.1, -0.05) is 12.1 Å². The zero-order valence-electron chi connectivity index (χ0n) is 9.56. The van der Waals surface area contributed by atoms with Gasteiger partial charge in [-0.2, -0.15) is 11.8 Å². The molecule has 1 aromatic rings. The molecule has 88 valence electrons. The lowest BCUT2D eigenvalue weighted by Gasteiger charge is -2.18. The van der Waals surface area contributed by atoms with Crippen LogP contribution in [0, 0.1) is 5.92 Å². The molecule has 0 saturated carbocycles. The number of thioether (sulfide) groups is 1. The smallest absolute Gasteiger partial charge is 0.119 e. The molecule has 0 radical (unpaired) electrons. The van der Waals surface area contributed by atoms with E-state index >= 15 is 0 Å². The van der Waals surface area contributed by atoms with Crippen molar-refractivity contribution in [2.75, 3.05) is 18.1 Å². The maximum atomic E-state index is 10.2. The fourth-order valence-corrected chi connectivity index (χ4v) is 3.32. The second kappa shape index (κ2) is 5.60. The van der Waals surface area contributed by atoms with Gasteiger partial charge in [0.15, 0.2) is 0 Å². The first kappa shape index (κ1) is 11.8. The average Bonchev–Trinajstić information content (AvgIpc) is 2.82. The first-order valence-electron chi connectivity index (χ1n) is 5.80. The SMILES string of the molecule is CCOc1cccc(C(O)C2CCSC2)c1. The number of aliphatic hydroxyl groups excluding tert-OH is 1. The molecular formula is C13H18O2S. The highest BCUT2D eigenvalue weighted by atomic mass is 32.2. The van der Waals surface area contributed by atoms with Crippen LogP contribution in [-0.4, -0.2) is 23.2 Å². The van der Waals surface area contributed by atoms with E-state index in [0.717, 1.165) is 23.5 Å². The number of aliphatic hydroxyl groups is 1. The summed E-state index contributed by atoms with van der Waals surface area (Å²) in [4.78, 5) is 0. The van der Waals surface area contributed by atoms with Gasteiger partial charge in [-0.05, 0) is 48.5 Å². The third kappa shape index (κ3) is 2.71. The van der Waals surface area contributed by atoms with Crippen molar-refractivity contribution in [3.8, 4) is 5.75 Å². The van der Waals surface area contributed by atoms with Gasteiger partial charge in [-0.3, -0.25) is 0 Å². The molecule has 2 rings (SSSR count). The number of hydrogen-bond acceptors (Lipinski definition) is 3. The monoisotopic (exact) mass is 238 g/mol. The van der Waals surface area contributed by atoms with Crippen LogP contribution in [0.2, 0.25) is 0 Å². The van der Waals surface area contributed by atoms with Gasteiger partial charge in [-0.15, -0.1) is 0 Å². The lowest BCUT2D eigenvalue weighted by molar-refractivity contribution is 0.121. The Morgan fingerprint density at radius 1 is 1.56 bits per heavy atom. The molecule has 1 saturated heterocycles. The number of benzene rings is 1. The van der Waals surface area contributed by atoms with Gasteiger partial charge in [0.05, 0.1) is 12.7 Å². The summed E-state index contributed by atoms with van der Waals surface area (Å²) in [6.45, 7) is 2.63. The molecular weight excluding hydrogens is 220 g/mol. The van der Waals surface area contributed by atoms with Crippen molar-refractivity contribution < 1.29 is 9.84 Å². The molecule has 1 heterocycles. The maximum Gasteiger partial charge on any atom is 0.119 e. The van der Waals surface area contributed by atoms with Gasteiger partial charge in [-0.25, -0.2) is 0 Å². The molecule has 0 amide bonds. The zero-order chi connectivity index (χ0) is 11.4. The van der Waals surface area contributed by atoms with E-state index in [2.05, 4.69) is 0 Å². The van der Waals surface area contributed by atoms with E-state index in [-0.39, 0.29) is 6.10 Å². The molecule has 1 aliphatic heterocycles. The average molecular weight is 238 g/mol. The summed E-state index contributed by atoms with van der Waals surface area (Å²) in [6.07, 6.45) is 0.778. The fraction of sp³-hybridized carbons (Fsp3) is 0.538. The molecule has 0 aromatic heterocycles. The Balaban J connectivity index is 2.09. The van der Waals surface area contributed by atoms with Crippen LogP contribution in [0.3, 0.4) is 0 Å². The van der Waals surface area contributed by atoms with Crippen LogP contribution in [-0.2, 0) is 0 Å². The van der Waals surface area contributed by atoms with E-state index < -0.39 is 0 Å². The van der Waals surface area contributed by atoms with Crippen LogP contribution in [0.1, 0.15) is 25.0 Å². The van der Waals surface area contributed by atoms with Gasteiger partial charge >= 0.3 is 0 Å². The first-order chi connectivity index (χ1) is 7.81. The van der Waals surface area contributed by atoms with Crippen molar-refractivity contribution in [3.05, 3.63) is 29.8 Å². The van der Waals surface area contributed by atoms with E-state index in [1.807, 2.05) is 43.0 Å². The van der Waals surface area contributed by atoms with Crippen molar-refractivity contribution >= 4 is 11.8 Å². The second-order valence-electron chi connectivity index (χ2n) is 4.07. The predicted octanol–water partition coefficient (Wildman–Crippen LogP) is 2.87. The van der Waals surface area contributed by atoms with Crippen molar-refractivity contribution in [2.24, 2.45) is 5.92 Å². The number of hydrogen-bond donors (Lipinski definition) is 1. The van der Waals surface area contributed by atoms with Crippen LogP contribution >= 0.6 is 11.8 Å². The predicted molar refractivity (Wildman–Crippen MR) is 68.0 cm³/mol. The van der Waals surface area contributed by atoms with E-state index in [9.17, 15) is 5.11 Å². The maximum absolute atomic E-state index is 10.2. The minimum atomic E-state index is -0.338. The first-order valence-corrected chi connectivity index (χ1v) is 6.95. The number of ether oxygens (including phenoxy) is 1. The van der Waals surface area contributed by atoms with Crippen LogP contribution in [0.5, 0.6) is 5.75 Å². The molecule has 1 aliphatic rings. The topological polar surface area (TPSA) is 29.5 Å². The molecule has 2 atom stereocenters. The lowest BCUT2D eigenvalue weighted by atomic mass is 9.95. The minimum absolute atomic E-state index is 0.338. The normalized spacial score (nSPS) is 22.0. The highest BCUT2D eigenvalue weighted by Gasteiger charge is 2.24. The quantitative estimate of drug-likeness (QED) is 0.874. The Labute approximate surface area is 101 Å². The fourth-order valence-electron chi connectivity index (χ4n) is 2.03. The van der Waals surface area contributed by atoms with Crippen LogP contribution < -0.4 is 4.74 Å². The van der Waals surface area contributed by atoms with Crippen molar-refractivity contribution in [1.29, 1.82) is 0 Å². The van der Waals surface area contributed by atoms with Gasteiger partial charge in [0.25, 0.3) is 0 Å². The van der Waals surface area contributed by atoms with Crippen LogP contribution in [0.25, 0.3) is 0 Å². The van der Waals surface area contributed by atoms with Gasteiger partial charge in [0, 0.05) is 0 Å². The Bertz CT molecular complexity index is 334. The summed E-state index contributed by atoms with van der Waals surface area (Å²) < 4.78 is 5.44. The zero-order valence-corrected chi connectivity index (χ0v) is 10.4. The molecule has 0 spiro atoms. The molecule has 0 aliphatic carbocycles. The molecule has 0 bridgehead atoms. The molecule has 2 nitrogen and oxygen atoms in total. The molecule has 16 heavy (non-hydrogen) atoms. The summed E-state index contributed by atoms with van der Waals surface area (Å²) >= 11 is 1.93. The Kier molecular flexibility index (Phi) is 4.13. The Morgan fingerprint density at radius 2 is 2.44 bits per heavy atom. The van der Waals surface area contributed by atoms with E-state index in [0.29, 0.717) is 12.5 Å². The van der Waals surface area contributed by atoms with Crippen LogP contribution in [0.15, 0.2) is 24.3 Å². The number of rotatable bonds is 4. The van der Waals surface area contributed by atoms with Crippen LogP contribution in [0.4, 0.5) is 0 Å². The standard InChI is InChI=1S/C13H18O2S/c1-2-15-12-5-3-4-10(8-12)13(14)11-6-7-16-9-11/h3-5,8,11,13-14H,2,6-7,9H2,1H3. The van der Waals surface area contributed by atoms with Crippen molar-refractivity contribution in [2.45, 2.75) is 19.4 Å². The molecule has 2 unspecified atom stereocenters. The highest BCUT2D eigenvalue weighted by molar-refractivity contribution is 7.99. The molecule has 1 N–H and O–H groups in total. The summed E-state index contributed by atoms with van der Waals surface area (Å²) in [5.41, 5.74) is 0.985. The Hall–Kier alpha value is -0.670. The largest absolute Gasteiger partial charge is 0.494 e. The molecule has 1 aromatic carbocycles. The summed E-state index contributed by atoms with van der Waals surface area (Å²) in [6, 6.07) is 7.82. The van der Waals surface area contributed by atoms with E-state index in [1.165, 1.54) is 5.75 Å². The van der Waals surface area contributed by atoms with Crippen molar-refractivity contribution in [3.63, 3.8) is 0 Å².